The fraction of sp³-hybridized carbons (Fsp3) is 0.400. The van der Waals surface area contributed by atoms with E-state index in [0.29, 0.717) is 30.1 Å². The molecule has 2 rings (SSSR count). The Labute approximate surface area is 163 Å². The van der Waals surface area contributed by atoms with Gasteiger partial charge in [0.2, 0.25) is 0 Å². The van der Waals surface area contributed by atoms with Gasteiger partial charge >= 0.3 is 5.97 Å². The number of ketones is 1. The Bertz CT molecular complexity index is 812. The van der Waals surface area contributed by atoms with Crippen LogP contribution in [0.1, 0.15) is 49.2 Å². The second-order valence-electron chi connectivity index (χ2n) is 6.08. The quantitative estimate of drug-likeness (QED) is 0.491. The largest absolute Gasteiger partial charge is 0.494 e. The van der Waals surface area contributed by atoms with E-state index in [0.717, 1.165) is 0 Å². The third-order valence-electron chi connectivity index (χ3n) is 3.86. The molecule has 0 aliphatic carbocycles. The molecule has 0 aliphatic heterocycles. The van der Waals surface area contributed by atoms with Crippen molar-refractivity contribution in [3.05, 3.63) is 41.7 Å². The number of nitrogens with one attached hydrogen (secondary N) is 1. The third kappa shape index (κ3) is 6.22. The lowest BCUT2D eigenvalue weighted by molar-refractivity contribution is -0.154. The van der Waals surface area contributed by atoms with Crippen LogP contribution in [0.15, 0.2) is 34.9 Å². The molecule has 0 aliphatic rings. The molecular formula is C20H24N2O6. The van der Waals surface area contributed by atoms with E-state index in [9.17, 15) is 14.4 Å². The summed E-state index contributed by atoms with van der Waals surface area (Å²) in [6, 6.07) is 8.28. The maximum Gasteiger partial charge on any atom is 0.307 e. The topological polar surface area (TPSA) is 108 Å². The van der Waals surface area contributed by atoms with Crippen LogP contribution in [0.3, 0.4) is 0 Å². The van der Waals surface area contributed by atoms with Crippen LogP contribution in [0.5, 0.6) is 5.75 Å². The van der Waals surface area contributed by atoms with E-state index >= 15 is 0 Å². The molecule has 0 bridgehead atoms. The number of ether oxygens (including phenoxy) is 2. The number of carbonyl (C=O) groups is 3. The molecular weight excluding hydrogens is 364 g/mol. The number of nitrogens with zero attached hydrogens (tertiary/aromatic N) is 1. The van der Waals surface area contributed by atoms with Crippen LogP contribution in [-0.2, 0) is 14.3 Å². The van der Waals surface area contributed by atoms with Crippen molar-refractivity contribution in [1.82, 2.24) is 5.16 Å². The first-order chi connectivity index (χ1) is 13.4. The minimum absolute atomic E-state index is 0.00660. The summed E-state index contributed by atoms with van der Waals surface area (Å²) in [6.45, 7) is 5.83. The number of esters is 1. The summed E-state index contributed by atoms with van der Waals surface area (Å²) >= 11 is 0. The fourth-order valence-corrected chi connectivity index (χ4v) is 2.44. The lowest BCUT2D eigenvalue weighted by Crippen LogP contribution is -2.32. The van der Waals surface area contributed by atoms with Crippen LogP contribution in [0.25, 0.3) is 0 Å². The van der Waals surface area contributed by atoms with E-state index in [4.69, 9.17) is 14.0 Å². The zero-order valence-corrected chi connectivity index (χ0v) is 16.2. The van der Waals surface area contributed by atoms with Crippen molar-refractivity contribution in [1.29, 1.82) is 0 Å². The highest BCUT2D eigenvalue weighted by molar-refractivity contribution is 5.98. The Morgan fingerprint density at radius 2 is 1.86 bits per heavy atom. The molecule has 1 unspecified atom stereocenters. The maximum atomic E-state index is 12.2. The summed E-state index contributed by atoms with van der Waals surface area (Å²) in [5.41, 5.74) is 0.488. The number of aryl methyl sites for hydroxylation is 1. The monoisotopic (exact) mass is 388 g/mol. The normalized spacial score (nSPS) is 11.5. The molecule has 150 valence electrons. The van der Waals surface area contributed by atoms with Gasteiger partial charge in [-0.1, -0.05) is 12.1 Å². The van der Waals surface area contributed by atoms with Crippen molar-refractivity contribution >= 4 is 23.5 Å². The minimum atomic E-state index is -0.968. The van der Waals surface area contributed by atoms with Gasteiger partial charge in [-0.25, -0.2) is 0 Å². The Kier molecular flexibility index (Phi) is 7.74. The average Bonchev–Trinajstić information content (AvgIpc) is 3.09. The number of hydrogen-bond acceptors (Lipinski definition) is 7. The molecule has 1 aromatic heterocycles. The van der Waals surface area contributed by atoms with Crippen molar-refractivity contribution in [3.63, 3.8) is 0 Å². The summed E-state index contributed by atoms with van der Waals surface area (Å²) in [4.78, 5) is 36.4. The van der Waals surface area contributed by atoms with Gasteiger partial charge in [-0.15, -0.1) is 0 Å². The SMILES string of the molecule is CCOc1ccc(C(=O)CCC(=O)OC(CC)C(=O)Nc2cc(C)on2)cc1. The smallest absolute Gasteiger partial charge is 0.307 e. The lowest BCUT2D eigenvalue weighted by atomic mass is 10.1. The molecule has 1 N–H and O–H groups in total. The third-order valence-corrected chi connectivity index (χ3v) is 3.86. The van der Waals surface area contributed by atoms with Crippen molar-refractivity contribution in [2.75, 3.05) is 11.9 Å². The van der Waals surface area contributed by atoms with Gasteiger partial charge < -0.3 is 19.3 Å². The summed E-state index contributed by atoms with van der Waals surface area (Å²) < 4.78 is 15.4. The highest BCUT2D eigenvalue weighted by atomic mass is 16.5. The molecule has 1 heterocycles. The number of benzene rings is 1. The van der Waals surface area contributed by atoms with Crippen LogP contribution < -0.4 is 10.1 Å². The first-order valence-electron chi connectivity index (χ1n) is 9.12. The van der Waals surface area contributed by atoms with E-state index in [2.05, 4.69) is 10.5 Å². The first-order valence-corrected chi connectivity index (χ1v) is 9.12. The summed E-state index contributed by atoms with van der Waals surface area (Å²) in [5, 5.41) is 6.19. The zero-order valence-electron chi connectivity index (χ0n) is 16.2. The van der Waals surface area contributed by atoms with Crippen LogP contribution >= 0.6 is 0 Å². The highest BCUT2D eigenvalue weighted by Crippen LogP contribution is 2.15. The summed E-state index contributed by atoms with van der Waals surface area (Å²) in [5.74, 6) is 0.184. The summed E-state index contributed by atoms with van der Waals surface area (Å²) in [7, 11) is 0. The van der Waals surface area contributed by atoms with Crippen LogP contribution in [0, 0.1) is 6.92 Å². The lowest BCUT2D eigenvalue weighted by Gasteiger charge is -2.15. The van der Waals surface area contributed by atoms with Crippen molar-refractivity contribution in [3.8, 4) is 5.75 Å². The number of hydrogen-bond donors (Lipinski definition) is 1. The van der Waals surface area contributed by atoms with Gasteiger partial charge in [-0.2, -0.15) is 0 Å². The molecule has 8 heteroatoms. The van der Waals surface area contributed by atoms with E-state index in [1.54, 1.807) is 44.2 Å². The van der Waals surface area contributed by atoms with Gasteiger partial charge in [-0.3, -0.25) is 14.4 Å². The fourth-order valence-electron chi connectivity index (χ4n) is 2.44. The first kappa shape index (κ1) is 21.1. The van der Waals surface area contributed by atoms with E-state index < -0.39 is 18.0 Å². The molecule has 1 atom stereocenters. The van der Waals surface area contributed by atoms with Crippen LogP contribution in [0.2, 0.25) is 0 Å². The van der Waals surface area contributed by atoms with Gasteiger partial charge in [0, 0.05) is 18.1 Å². The Hall–Kier alpha value is -3.16. The number of aromatic nitrogens is 1. The van der Waals surface area contributed by atoms with Gasteiger partial charge in [0.15, 0.2) is 17.7 Å². The average molecular weight is 388 g/mol. The number of amides is 1. The second-order valence-corrected chi connectivity index (χ2v) is 6.08. The maximum absolute atomic E-state index is 12.2. The molecule has 0 fully saturated rings. The Balaban J connectivity index is 1.82. The van der Waals surface area contributed by atoms with E-state index in [1.807, 2.05) is 6.92 Å². The predicted octanol–water partition coefficient (Wildman–Crippen LogP) is 3.31. The van der Waals surface area contributed by atoms with Gasteiger partial charge in [0.25, 0.3) is 5.91 Å². The number of carbonyl (C=O) groups excluding carboxylic acids is 3. The molecule has 0 radical (unpaired) electrons. The minimum Gasteiger partial charge on any atom is -0.494 e. The number of anilines is 1. The molecule has 2 aromatic rings. The van der Waals surface area contributed by atoms with Gasteiger partial charge in [0.05, 0.1) is 13.0 Å². The molecule has 8 nitrogen and oxygen atoms in total. The summed E-state index contributed by atoms with van der Waals surface area (Å²) in [6.07, 6.45) is -0.793. The van der Waals surface area contributed by atoms with Crippen molar-refractivity contribution in [2.45, 2.75) is 46.1 Å². The van der Waals surface area contributed by atoms with Gasteiger partial charge in [0.1, 0.15) is 11.5 Å². The van der Waals surface area contributed by atoms with Crippen LogP contribution in [0.4, 0.5) is 5.82 Å². The van der Waals surface area contributed by atoms with Gasteiger partial charge in [-0.05, 0) is 44.5 Å². The van der Waals surface area contributed by atoms with E-state index in [1.165, 1.54) is 0 Å². The molecule has 1 aromatic carbocycles. The van der Waals surface area contributed by atoms with Crippen LogP contribution in [-0.4, -0.2) is 35.5 Å². The molecule has 28 heavy (non-hydrogen) atoms. The van der Waals surface area contributed by atoms with Crippen molar-refractivity contribution < 1.29 is 28.4 Å². The second kappa shape index (κ2) is 10.2. The van der Waals surface area contributed by atoms with E-state index in [-0.39, 0.29) is 24.4 Å². The zero-order chi connectivity index (χ0) is 20.5. The number of rotatable bonds is 10. The number of Topliss-reactive ketones (excluding diaryl/α,β-unsaturated/α-hetero) is 1. The van der Waals surface area contributed by atoms with Crippen molar-refractivity contribution in [2.24, 2.45) is 0 Å². The Morgan fingerprint density at radius 1 is 1.14 bits per heavy atom. The highest BCUT2D eigenvalue weighted by Gasteiger charge is 2.22. The molecule has 0 saturated heterocycles. The predicted molar refractivity (Wildman–Crippen MR) is 101 cm³/mol. The standard InChI is InChI=1S/C20H24N2O6/c1-4-17(20(25)21-18-12-13(3)28-22-18)27-19(24)11-10-16(23)14-6-8-15(9-7-14)26-5-2/h6-9,12,17H,4-5,10-11H2,1-3H3,(H,21,22,25). The Morgan fingerprint density at radius 3 is 2.43 bits per heavy atom. The molecule has 0 saturated carbocycles. The molecule has 0 spiro atoms. The molecule has 1 amide bonds.